The van der Waals surface area contributed by atoms with Crippen LogP contribution in [0.15, 0.2) is 42.5 Å². The lowest BCUT2D eigenvalue weighted by molar-refractivity contribution is -0.114. The zero-order valence-corrected chi connectivity index (χ0v) is 10.9. The number of para-hydroxylation sites is 1. The summed E-state index contributed by atoms with van der Waals surface area (Å²) in [5, 5.41) is 0. The number of carbonyl (C=O) groups is 2. The molecule has 4 heteroatoms. The second-order valence-corrected chi connectivity index (χ2v) is 4.82. The summed E-state index contributed by atoms with van der Waals surface area (Å²) in [5.74, 6) is -1.33. The number of Topliss-reactive ketones (excluding diaryl/α,β-unsaturated/α-hetero) is 1. The van der Waals surface area contributed by atoms with Crippen LogP contribution in [-0.2, 0) is 11.3 Å². The monoisotopic (exact) mass is 269 g/mol. The van der Waals surface area contributed by atoms with Crippen molar-refractivity contribution in [2.75, 3.05) is 4.90 Å². The lowest BCUT2D eigenvalue weighted by atomic mass is 10.1. The molecule has 100 valence electrons. The van der Waals surface area contributed by atoms with Crippen molar-refractivity contribution < 1.29 is 14.0 Å². The molecule has 1 amide bonds. The molecule has 1 aliphatic rings. The predicted molar refractivity (Wildman–Crippen MR) is 73.1 cm³/mol. The summed E-state index contributed by atoms with van der Waals surface area (Å²) >= 11 is 0. The van der Waals surface area contributed by atoms with E-state index in [1.807, 2.05) is 13.0 Å². The molecule has 0 fully saturated rings. The van der Waals surface area contributed by atoms with Gasteiger partial charge < -0.3 is 4.90 Å². The molecule has 3 nitrogen and oxygen atoms in total. The minimum absolute atomic E-state index is 0.267. The molecule has 0 saturated carbocycles. The normalized spacial score (nSPS) is 13.8. The fourth-order valence-electron chi connectivity index (χ4n) is 2.46. The van der Waals surface area contributed by atoms with Gasteiger partial charge in [-0.2, -0.15) is 0 Å². The van der Waals surface area contributed by atoms with Gasteiger partial charge in [0.2, 0.25) is 0 Å². The van der Waals surface area contributed by atoms with E-state index in [1.54, 1.807) is 24.3 Å². The van der Waals surface area contributed by atoms with E-state index in [9.17, 15) is 14.0 Å². The predicted octanol–water partition coefficient (Wildman–Crippen LogP) is 2.86. The Kier molecular flexibility index (Phi) is 2.86. The summed E-state index contributed by atoms with van der Waals surface area (Å²) in [7, 11) is 0. The first-order chi connectivity index (χ1) is 9.58. The highest BCUT2D eigenvalue weighted by Gasteiger charge is 2.36. The van der Waals surface area contributed by atoms with Crippen molar-refractivity contribution in [2.45, 2.75) is 13.5 Å². The van der Waals surface area contributed by atoms with Crippen molar-refractivity contribution in [2.24, 2.45) is 0 Å². The molecule has 0 aliphatic carbocycles. The minimum Gasteiger partial charge on any atom is -0.300 e. The molecule has 0 radical (unpaired) electrons. The maximum absolute atomic E-state index is 12.9. The molecule has 0 N–H and O–H groups in total. The van der Waals surface area contributed by atoms with Gasteiger partial charge >= 0.3 is 0 Å². The number of aryl methyl sites for hydroxylation is 1. The van der Waals surface area contributed by atoms with Gasteiger partial charge in [0, 0.05) is 0 Å². The number of anilines is 1. The number of benzene rings is 2. The van der Waals surface area contributed by atoms with Gasteiger partial charge in [-0.25, -0.2) is 4.39 Å². The van der Waals surface area contributed by atoms with Crippen LogP contribution in [0.5, 0.6) is 0 Å². The maximum atomic E-state index is 12.9. The van der Waals surface area contributed by atoms with E-state index < -0.39 is 11.7 Å². The first-order valence-corrected chi connectivity index (χ1v) is 6.28. The molecule has 20 heavy (non-hydrogen) atoms. The molecule has 2 aromatic carbocycles. The SMILES string of the molecule is Cc1cccc2c1N(Cc1ccc(F)cc1)C(=O)C2=O. The first kappa shape index (κ1) is 12.5. The van der Waals surface area contributed by atoms with Crippen LogP contribution in [0.1, 0.15) is 21.5 Å². The van der Waals surface area contributed by atoms with Gasteiger partial charge in [0.25, 0.3) is 11.7 Å². The van der Waals surface area contributed by atoms with Crippen LogP contribution in [0.2, 0.25) is 0 Å². The summed E-state index contributed by atoms with van der Waals surface area (Å²) in [5.41, 5.74) is 2.76. The Morgan fingerprint density at radius 3 is 2.45 bits per heavy atom. The van der Waals surface area contributed by atoms with Crippen LogP contribution in [0, 0.1) is 12.7 Å². The largest absolute Gasteiger partial charge is 0.300 e. The Balaban J connectivity index is 2.01. The van der Waals surface area contributed by atoms with Gasteiger partial charge in [-0.1, -0.05) is 24.3 Å². The fraction of sp³-hybridized carbons (Fsp3) is 0.125. The quantitative estimate of drug-likeness (QED) is 0.786. The number of hydrogen-bond acceptors (Lipinski definition) is 2. The number of hydrogen-bond donors (Lipinski definition) is 0. The Morgan fingerprint density at radius 1 is 1.05 bits per heavy atom. The highest BCUT2D eigenvalue weighted by molar-refractivity contribution is 6.52. The molecule has 1 aliphatic heterocycles. The summed E-state index contributed by atoms with van der Waals surface area (Å²) in [6.07, 6.45) is 0. The number of nitrogens with zero attached hydrogens (tertiary/aromatic N) is 1. The molecule has 0 unspecified atom stereocenters. The molecule has 1 heterocycles. The molecular weight excluding hydrogens is 257 g/mol. The van der Waals surface area contributed by atoms with Crippen LogP contribution < -0.4 is 4.90 Å². The topological polar surface area (TPSA) is 37.4 Å². The maximum Gasteiger partial charge on any atom is 0.299 e. The Bertz CT molecular complexity index is 707. The molecule has 0 saturated heterocycles. The zero-order valence-electron chi connectivity index (χ0n) is 10.9. The Labute approximate surface area is 115 Å². The van der Waals surface area contributed by atoms with Crippen molar-refractivity contribution in [1.29, 1.82) is 0 Å². The van der Waals surface area contributed by atoms with E-state index in [-0.39, 0.29) is 12.4 Å². The molecule has 0 spiro atoms. The van der Waals surface area contributed by atoms with Crippen LogP contribution in [0.3, 0.4) is 0 Å². The average molecular weight is 269 g/mol. The third kappa shape index (κ3) is 1.90. The van der Waals surface area contributed by atoms with Crippen molar-refractivity contribution in [3.05, 3.63) is 65.0 Å². The molecule has 2 aromatic rings. The van der Waals surface area contributed by atoms with Crippen LogP contribution in [0.4, 0.5) is 10.1 Å². The standard InChI is InChI=1S/C16H12FNO2/c1-10-3-2-4-13-14(10)18(16(20)15(13)19)9-11-5-7-12(17)8-6-11/h2-8H,9H2,1H3. The molecule has 0 atom stereocenters. The van der Waals surface area contributed by atoms with Crippen molar-refractivity contribution in [3.8, 4) is 0 Å². The smallest absolute Gasteiger partial charge is 0.299 e. The Morgan fingerprint density at radius 2 is 1.75 bits per heavy atom. The van der Waals surface area contributed by atoms with Crippen LogP contribution in [0.25, 0.3) is 0 Å². The molecule has 0 aromatic heterocycles. The van der Waals surface area contributed by atoms with E-state index in [2.05, 4.69) is 0 Å². The number of ketones is 1. The highest BCUT2D eigenvalue weighted by Crippen LogP contribution is 2.33. The number of carbonyl (C=O) groups excluding carboxylic acids is 2. The summed E-state index contributed by atoms with van der Waals surface area (Å²) in [4.78, 5) is 25.5. The van der Waals surface area contributed by atoms with Crippen molar-refractivity contribution >= 4 is 17.4 Å². The molecule has 3 rings (SSSR count). The van der Waals surface area contributed by atoms with E-state index >= 15 is 0 Å². The third-order valence-corrected chi connectivity index (χ3v) is 3.45. The highest BCUT2D eigenvalue weighted by atomic mass is 19.1. The van der Waals surface area contributed by atoms with Gasteiger partial charge in [0.15, 0.2) is 0 Å². The van der Waals surface area contributed by atoms with Gasteiger partial charge in [-0.05, 0) is 36.2 Å². The third-order valence-electron chi connectivity index (χ3n) is 3.45. The Hall–Kier alpha value is -2.49. The minimum atomic E-state index is -0.529. The molecule has 0 bridgehead atoms. The second kappa shape index (κ2) is 4.56. The van der Waals surface area contributed by atoms with Gasteiger partial charge in [0.05, 0.1) is 17.8 Å². The average Bonchev–Trinajstić information content (AvgIpc) is 2.68. The van der Waals surface area contributed by atoms with E-state index in [0.717, 1.165) is 11.1 Å². The zero-order chi connectivity index (χ0) is 14.3. The van der Waals surface area contributed by atoms with Crippen molar-refractivity contribution in [1.82, 2.24) is 0 Å². The number of amides is 1. The first-order valence-electron chi connectivity index (χ1n) is 6.28. The van der Waals surface area contributed by atoms with Crippen LogP contribution >= 0.6 is 0 Å². The van der Waals surface area contributed by atoms with E-state index in [4.69, 9.17) is 0 Å². The van der Waals surface area contributed by atoms with E-state index in [0.29, 0.717) is 11.3 Å². The summed E-state index contributed by atoms with van der Waals surface area (Å²) in [6.45, 7) is 2.13. The summed E-state index contributed by atoms with van der Waals surface area (Å²) in [6, 6.07) is 11.2. The number of rotatable bonds is 2. The van der Waals surface area contributed by atoms with E-state index in [1.165, 1.54) is 17.0 Å². The van der Waals surface area contributed by atoms with Gasteiger partial charge in [-0.15, -0.1) is 0 Å². The summed E-state index contributed by atoms with van der Waals surface area (Å²) < 4.78 is 12.9. The number of halogens is 1. The lowest BCUT2D eigenvalue weighted by Gasteiger charge is -2.18. The van der Waals surface area contributed by atoms with Gasteiger partial charge in [-0.3, -0.25) is 9.59 Å². The van der Waals surface area contributed by atoms with Gasteiger partial charge in [0.1, 0.15) is 5.82 Å². The number of fused-ring (bicyclic) bond motifs is 1. The fourth-order valence-corrected chi connectivity index (χ4v) is 2.46. The van der Waals surface area contributed by atoms with Crippen LogP contribution in [-0.4, -0.2) is 11.7 Å². The second-order valence-electron chi connectivity index (χ2n) is 4.82. The van der Waals surface area contributed by atoms with Crippen molar-refractivity contribution in [3.63, 3.8) is 0 Å². The lowest BCUT2D eigenvalue weighted by Crippen LogP contribution is -2.29. The molecular formula is C16H12FNO2.